The molecule has 4 fully saturated rings. The summed E-state index contributed by atoms with van der Waals surface area (Å²) < 4.78 is 43.9. The second kappa shape index (κ2) is 20.3. The summed E-state index contributed by atoms with van der Waals surface area (Å²) in [6.07, 6.45) is -29.0. The highest BCUT2D eigenvalue weighted by Crippen LogP contribution is 2.31. The molecule has 306 valence electrons. The summed E-state index contributed by atoms with van der Waals surface area (Å²) in [7, 11) is 0. The van der Waals surface area contributed by atoms with Crippen LogP contribution < -0.4 is 0 Å². The molecular weight excluding hydrogens is 712 g/mol. The Hall–Kier alpha value is -0.880. The minimum Gasteiger partial charge on any atom is -0.394 e. The van der Waals surface area contributed by atoms with Gasteiger partial charge >= 0.3 is 0 Å². The lowest BCUT2D eigenvalue weighted by Crippen LogP contribution is -2.64. The summed E-state index contributed by atoms with van der Waals surface area (Å²) in [5, 5.41) is 141. The molecule has 0 spiro atoms. The van der Waals surface area contributed by atoms with E-state index in [1.165, 1.54) is 0 Å². The standard InChI is InChI=1S/C30H54O22/c31-7-11-15(35)17(37)21(41)29(47-11)51-25-13(9-33)49-27(23(43)19(25)39)45-5-3-1-2-4-6-46-28-24(44)20(40)26(14(10-34)50-28)52-30-22(42)18(38)16(36)12(8-32)48-30/h11-44H,1-10H2/t11-,12+,13-,14+,15+,16-,17+,18-,19-,20+,21-,22+,23-,24+,25-,26+,27-,28+,29+,30-. The lowest BCUT2D eigenvalue weighted by Gasteiger charge is -2.46. The Labute approximate surface area is 297 Å². The maximum absolute atomic E-state index is 10.7. The Balaban J connectivity index is 1.15. The van der Waals surface area contributed by atoms with Crippen LogP contribution in [0.25, 0.3) is 0 Å². The van der Waals surface area contributed by atoms with Crippen molar-refractivity contribution in [2.75, 3.05) is 39.6 Å². The molecule has 20 atom stereocenters. The zero-order chi connectivity index (χ0) is 38.3. The van der Waals surface area contributed by atoms with Crippen LogP contribution in [-0.4, -0.2) is 234 Å². The van der Waals surface area contributed by atoms with E-state index < -0.39 is 149 Å². The van der Waals surface area contributed by atoms with Crippen molar-refractivity contribution >= 4 is 0 Å². The van der Waals surface area contributed by atoms with E-state index in [1.807, 2.05) is 0 Å². The summed E-state index contributed by atoms with van der Waals surface area (Å²) in [6.45, 7) is -2.70. The van der Waals surface area contributed by atoms with Crippen molar-refractivity contribution in [2.45, 2.75) is 149 Å². The molecule has 0 aromatic heterocycles. The Bertz CT molecular complexity index is 946. The zero-order valence-electron chi connectivity index (χ0n) is 28.1. The van der Waals surface area contributed by atoms with Gasteiger partial charge in [-0.25, -0.2) is 0 Å². The molecule has 0 unspecified atom stereocenters. The summed E-state index contributed by atoms with van der Waals surface area (Å²) >= 11 is 0. The summed E-state index contributed by atoms with van der Waals surface area (Å²) in [4.78, 5) is 0. The van der Waals surface area contributed by atoms with Gasteiger partial charge in [-0.1, -0.05) is 12.8 Å². The lowest BCUT2D eigenvalue weighted by atomic mass is 9.97. The van der Waals surface area contributed by atoms with Gasteiger partial charge in [-0.15, -0.1) is 0 Å². The first-order valence-corrected chi connectivity index (χ1v) is 17.2. The minimum atomic E-state index is -1.79. The van der Waals surface area contributed by atoms with Gasteiger partial charge in [0, 0.05) is 13.2 Å². The second-order valence-electron chi connectivity index (χ2n) is 13.2. The van der Waals surface area contributed by atoms with Crippen LogP contribution in [0.4, 0.5) is 0 Å². The normalized spacial score (nSPS) is 47.4. The van der Waals surface area contributed by atoms with Crippen LogP contribution in [-0.2, 0) is 37.9 Å². The van der Waals surface area contributed by atoms with E-state index in [-0.39, 0.29) is 13.2 Å². The van der Waals surface area contributed by atoms with E-state index in [1.54, 1.807) is 0 Å². The van der Waals surface area contributed by atoms with Crippen LogP contribution in [0, 0.1) is 0 Å². The fraction of sp³-hybridized carbons (Fsp3) is 1.00. The molecule has 22 heteroatoms. The molecule has 4 aliphatic rings. The third-order valence-electron chi connectivity index (χ3n) is 9.52. The van der Waals surface area contributed by atoms with Gasteiger partial charge in [0.05, 0.1) is 26.4 Å². The second-order valence-corrected chi connectivity index (χ2v) is 13.2. The fourth-order valence-corrected chi connectivity index (χ4v) is 6.34. The van der Waals surface area contributed by atoms with E-state index in [2.05, 4.69) is 0 Å². The van der Waals surface area contributed by atoms with Crippen molar-refractivity contribution in [3.63, 3.8) is 0 Å². The van der Waals surface area contributed by atoms with Crippen LogP contribution in [0.3, 0.4) is 0 Å². The molecule has 4 saturated heterocycles. The Morgan fingerprint density at radius 3 is 0.962 bits per heavy atom. The van der Waals surface area contributed by atoms with E-state index in [0.29, 0.717) is 25.7 Å². The first kappa shape index (κ1) is 43.8. The van der Waals surface area contributed by atoms with Crippen molar-refractivity contribution in [2.24, 2.45) is 0 Å². The number of ether oxygens (including phenoxy) is 8. The van der Waals surface area contributed by atoms with Gasteiger partial charge in [-0.2, -0.15) is 0 Å². The molecular formula is C30H54O22. The molecule has 52 heavy (non-hydrogen) atoms. The quantitative estimate of drug-likeness (QED) is 0.0611. The van der Waals surface area contributed by atoms with Crippen LogP contribution in [0.1, 0.15) is 25.7 Å². The van der Waals surface area contributed by atoms with Crippen molar-refractivity contribution in [3.05, 3.63) is 0 Å². The van der Waals surface area contributed by atoms with Gasteiger partial charge in [0.2, 0.25) is 0 Å². The average molecular weight is 767 g/mol. The Morgan fingerprint density at radius 2 is 0.635 bits per heavy atom. The average Bonchev–Trinajstić information content (AvgIpc) is 3.14. The molecule has 0 aromatic rings. The summed E-state index contributed by atoms with van der Waals surface area (Å²) in [5.74, 6) is 0. The van der Waals surface area contributed by atoms with Gasteiger partial charge in [0.25, 0.3) is 0 Å². The highest BCUT2D eigenvalue weighted by molar-refractivity contribution is 4.95. The lowest BCUT2D eigenvalue weighted by molar-refractivity contribution is -0.359. The number of hydrogen-bond acceptors (Lipinski definition) is 22. The first-order chi connectivity index (χ1) is 24.8. The van der Waals surface area contributed by atoms with E-state index in [9.17, 15) is 71.5 Å². The molecule has 4 aliphatic heterocycles. The summed E-state index contributed by atoms with van der Waals surface area (Å²) in [5.41, 5.74) is 0. The van der Waals surface area contributed by atoms with Gasteiger partial charge in [-0.3, -0.25) is 0 Å². The van der Waals surface area contributed by atoms with Gasteiger partial charge < -0.3 is 109 Å². The SMILES string of the molecule is OC[C@@H]1O[C@H](O[C@@H]2[C@@H](O)[C@H](O)[C@@H](OCCCCCCO[C@@H]3O[C@H](CO)[C@@H](O[C@@H]4O[C@H](CO)[C@H](O)[C@H](O)[C@H]4O)[C@H](O)[C@H]3O)O[C@H]2CO)[C@@H](O)[C@H](O)[C@@H]1O. The highest BCUT2D eigenvalue weighted by Gasteiger charge is 2.52. The van der Waals surface area contributed by atoms with Crippen LogP contribution in [0.15, 0.2) is 0 Å². The van der Waals surface area contributed by atoms with E-state index in [4.69, 9.17) is 37.9 Å². The number of unbranched alkanes of at least 4 members (excludes halogenated alkanes) is 3. The Morgan fingerprint density at radius 1 is 0.327 bits per heavy atom. The van der Waals surface area contributed by atoms with Crippen molar-refractivity contribution < 1.29 is 109 Å². The fourth-order valence-electron chi connectivity index (χ4n) is 6.34. The van der Waals surface area contributed by atoms with Gasteiger partial charge in [0.15, 0.2) is 25.2 Å². The smallest absolute Gasteiger partial charge is 0.187 e. The molecule has 0 aliphatic carbocycles. The van der Waals surface area contributed by atoms with Gasteiger partial charge in [-0.05, 0) is 12.8 Å². The third-order valence-corrected chi connectivity index (χ3v) is 9.52. The summed E-state index contributed by atoms with van der Waals surface area (Å²) in [6, 6.07) is 0. The molecule has 0 amide bonds. The molecule has 0 aromatic carbocycles. The molecule has 4 heterocycles. The predicted octanol–water partition coefficient (Wildman–Crippen LogP) is -8.17. The minimum absolute atomic E-state index is 0.0658. The first-order valence-electron chi connectivity index (χ1n) is 17.2. The third kappa shape index (κ3) is 10.1. The van der Waals surface area contributed by atoms with Crippen LogP contribution >= 0.6 is 0 Å². The molecule has 4 rings (SSSR count). The molecule has 0 saturated carbocycles. The van der Waals surface area contributed by atoms with Crippen molar-refractivity contribution in [3.8, 4) is 0 Å². The van der Waals surface area contributed by atoms with E-state index in [0.717, 1.165) is 0 Å². The number of rotatable bonds is 17. The largest absolute Gasteiger partial charge is 0.394 e. The van der Waals surface area contributed by atoms with E-state index >= 15 is 0 Å². The number of aliphatic hydroxyl groups is 14. The molecule has 22 nitrogen and oxygen atoms in total. The van der Waals surface area contributed by atoms with Crippen LogP contribution in [0.5, 0.6) is 0 Å². The maximum Gasteiger partial charge on any atom is 0.187 e. The zero-order valence-corrected chi connectivity index (χ0v) is 28.1. The highest BCUT2D eigenvalue weighted by atomic mass is 16.8. The van der Waals surface area contributed by atoms with Crippen molar-refractivity contribution in [1.82, 2.24) is 0 Å². The van der Waals surface area contributed by atoms with Crippen LogP contribution in [0.2, 0.25) is 0 Å². The Kier molecular flexibility index (Phi) is 17.1. The number of aliphatic hydroxyl groups excluding tert-OH is 14. The predicted molar refractivity (Wildman–Crippen MR) is 163 cm³/mol. The number of hydrogen-bond donors (Lipinski definition) is 14. The molecule has 0 radical (unpaired) electrons. The maximum atomic E-state index is 10.7. The molecule has 14 N–H and O–H groups in total. The topological polar surface area (TPSA) is 357 Å². The molecule has 0 bridgehead atoms. The monoisotopic (exact) mass is 766 g/mol. The van der Waals surface area contributed by atoms with Gasteiger partial charge in [0.1, 0.15) is 97.7 Å². The van der Waals surface area contributed by atoms with Crippen molar-refractivity contribution in [1.29, 1.82) is 0 Å².